The first kappa shape index (κ1) is 13.3. The van der Waals surface area contributed by atoms with Gasteiger partial charge >= 0.3 is 0 Å². The number of H-pyrrole nitrogens is 1. The van der Waals surface area contributed by atoms with Gasteiger partial charge in [0, 0.05) is 17.2 Å². The quantitative estimate of drug-likeness (QED) is 0.891. The summed E-state index contributed by atoms with van der Waals surface area (Å²) >= 11 is 0. The molecule has 0 saturated heterocycles. The minimum atomic E-state index is 0.0682. The van der Waals surface area contributed by atoms with Crippen LogP contribution in [0.2, 0.25) is 0 Å². The molecule has 0 aromatic carbocycles. The molecule has 1 heterocycles. The Morgan fingerprint density at radius 2 is 2.11 bits per heavy atom. The van der Waals surface area contributed by atoms with Crippen molar-refractivity contribution in [2.45, 2.75) is 65.2 Å². The Morgan fingerprint density at radius 1 is 1.33 bits per heavy atom. The normalized spacial score (nSPS) is 24.2. The summed E-state index contributed by atoms with van der Waals surface area (Å²) in [7, 11) is 0. The molecule has 1 aromatic rings. The van der Waals surface area contributed by atoms with Gasteiger partial charge in [0.1, 0.15) is 5.82 Å². The van der Waals surface area contributed by atoms with Crippen molar-refractivity contribution in [3.05, 3.63) is 27.4 Å². The molecule has 3 nitrogen and oxygen atoms in total. The third-order valence-corrected chi connectivity index (χ3v) is 4.34. The average Bonchev–Trinajstić information content (AvgIpc) is 2.38. The minimum Gasteiger partial charge on any atom is -0.310 e. The molecule has 1 aliphatic carbocycles. The molecule has 2 rings (SSSR count). The van der Waals surface area contributed by atoms with Crippen LogP contribution in [0.4, 0.5) is 0 Å². The Balaban J connectivity index is 2.26. The molecule has 1 saturated carbocycles. The first-order valence-corrected chi connectivity index (χ1v) is 7.25. The number of hydrogen-bond donors (Lipinski definition) is 1. The van der Waals surface area contributed by atoms with E-state index in [0.717, 1.165) is 29.4 Å². The van der Waals surface area contributed by atoms with Crippen LogP contribution in [0, 0.1) is 12.8 Å². The standard InChI is InChI=1S/C15H24N2O/c1-4-11-7-6-8-12(9-11)14-16-10(3)13(5-2)15(18)17-14/h11-12H,4-9H2,1-3H3,(H,16,17,18). The van der Waals surface area contributed by atoms with E-state index in [9.17, 15) is 4.79 Å². The fourth-order valence-corrected chi connectivity index (χ4v) is 3.15. The molecule has 3 heteroatoms. The van der Waals surface area contributed by atoms with Crippen molar-refractivity contribution >= 4 is 0 Å². The van der Waals surface area contributed by atoms with Crippen LogP contribution in [0.5, 0.6) is 0 Å². The summed E-state index contributed by atoms with van der Waals surface area (Å²) in [4.78, 5) is 19.6. The van der Waals surface area contributed by atoms with Crippen molar-refractivity contribution in [1.82, 2.24) is 9.97 Å². The summed E-state index contributed by atoms with van der Waals surface area (Å²) in [5, 5.41) is 0. The van der Waals surface area contributed by atoms with E-state index in [4.69, 9.17) is 0 Å². The molecule has 0 amide bonds. The highest BCUT2D eigenvalue weighted by atomic mass is 16.1. The van der Waals surface area contributed by atoms with Crippen LogP contribution in [-0.2, 0) is 6.42 Å². The number of aromatic nitrogens is 2. The van der Waals surface area contributed by atoms with Gasteiger partial charge in [-0.2, -0.15) is 0 Å². The van der Waals surface area contributed by atoms with Gasteiger partial charge in [-0.3, -0.25) is 4.79 Å². The van der Waals surface area contributed by atoms with E-state index in [1.807, 2.05) is 13.8 Å². The van der Waals surface area contributed by atoms with Crippen molar-refractivity contribution in [3.63, 3.8) is 0 Å². The van der Waals surface area contributed by atoms with E-state index in [1.54, 1.807) is 0 Å². The number of aryl methyl sites for hydroxylation is 1. The van der Waals surface area contributed by atoms with Gasteiger partial charge in [-0.15, -0.1) is 0 Å². The summed E-state index contributed by atoms with van der Waals surface area (Å²) in [6, 6.07) is 0. The van der Waals surface area contributed by atoms with Crippen LogP contribution in [0.25, 0.3) is 0 Å². The van der Waals surface area contributed by atoms with Gasteiger partial charge < -0.3 is 4.98 Å². The molecule has 100 valence electrons. The van der Waals surface area contributed by atoms with Crippen molar-refractivity contribution in [2.75, 3.05) is 0 Å². The second-order valence-electron chi connectivity index (χ2n) is 5.51. The molecule has 1 aliphatic rings. The lowest BCUT2D eigenvalue weighted by atomic mass is 9.80. The Morgan fingerprint density at radius 3 is 2.72 bits per heavy atom. The zero-order valence-electron chi connectivity index (χ0n) is 11.8. The zero-order chi connectivity index (χ0) is 13.1. The fourth-order valence-electron chi connectivity index (χ4n) is 3.15. The second kappa shape index (κ2) is 5.68. The van der Waals surface area contributed by atoms with Crippen molar-refractivity contribution in [2.24, 2.45) is 5.92 Å². The fraction of sp³-hybridized carbons (Fsp3) is 0.733. The number of hydrogen-bond acceptors (Lipinski definition) is 2. The maximum atomic E-state index is 12.0. The Hall–Kier alpha value is -1.12. The smallest absolute Gasteiger partial charge is 0.254 e. The van der Waals surface area contributed by atoms with E-state index in [2.05, 4.69) is 16.9 Å². The Labute approximate surface area is 109 Å². The summed E-state index contributed by atoms with van der Waals surface area (Å²) in [6.07, 6.45) is 6.96. The summed E-state index contributed by atoms with van der Waals surface area (Å²) in [5.74, 6) is 2.19. The van der Waals surface area contributed by atoms with E-state index in [-0.39, 0.29) is 5.56 Å². The third kappa shape index (κ3) is 2.65. The van der Waals surface area contributed by atoms with Gasteiger partial charge in [-0.25, -0.2) is 4.98 Å². The Kier molecular flexibility index (Phi) is 4.20. The number of nitrogens with one attached hydrogen (secondary N) is 1. The van der Waals surface area contributed by atoms with Gasteiger partial charge in [0.2, 0.25) is 0 Å². The van der Waals surface area contributed by atoms with Crippen LogP contribution < -0.4 is 5.56 Å². The third-order valence-electron chi connectivity index (χ3n) is 4.34. The molecule has 0 radical (unpaired) electrons. The molecule has 18 heavy (non-hydrogen) atoms. The summed E-state index contributed by atoms with van der Waals surface area (Å²) in [6.45, 7) is 6.22. The molecule has 1 N–H and O–H groups in total. The predicted octanol–water partition coefficient (Wildman–Crippen LogP) is 3.32. The molecular formula is C15H24N2O. The molecular weight excluding hydrogens is 224 g/mol. The van der Waals surface area contributed by atoms with Crippen LogP contribution in [0.1, 0.15) is 69.0 Å². The minimum absolute atomic E-state index is 0.0682. The highest BCUT2D eigenvalue weighted by Gasteiger charge is 2.24. The monoisotopic (exact) mass is 248 g/mol. The number of aromatic amines is 1. The maximum Gasteiger partial charge on any atom is 0.254 e. The van der Waals surface area contributed by atoms with Crippen molar-refractivity contribution < 1.29 is 0 Å². The molecule has 0 bridgehead atoms. The van der Waals surface area contributed by atoms with Gasteiger partial charge in [0.05, 0.1) is 0 Å². The topological polar surface area (TPSA) is 45.8 Å². The van der Waals surface area contributed by atoms with Gasteiger partial charge in [-0.05, 0) is 32.1 Å². The largest absolute Gasteiger partial charge is 0.310 e. The maximum absolute atomic E-state index is 12.0. The predicted molar refractivity (Wildman–Crippen MR) is 74.0 cm³/mol. The molecule has 0 spiro atoms. The van der Waals surface area contributed by atoms with Gasteiger partial charge in [0.25, 0.3) is 5.56 Å². The average molecular weight is 248 g/mol. The lowest BCUT2D eigenvalue weighted by Gasteiger charge is -2.27. The highest BCUT2D eigenvalue weighted by molar-refractivity contribution is 5.17. The summed E-state index contributed by atoms with van der Waals surface area (Å²) < 4.78 is 0. The molecule has 2 unspecified atom stereocenters. The van der Waals surface area contributed by atoms with Crippen LogP contribution >= 0.6 is 0 Å². The Bertz CT molecular complexity index is 464. The highest BCUT2D eigenvalue weighted by Crippen LogP contribution is 2.35. The number of nitrogens with zero attached hydrogens (tertiary/aromatic N) is 1. The lowest BCUT2D eigenvalue weighted by Crippen LogP contribution is -2.23. The second-order valence-corrected chi connectivity index (χ2v) is 5.51. The van der Waals surface area contributed by atoms with Crippen LogP contribution in [0.15, 0.2) is 4.79 Å². The van der Waals surface area contributed by atoms with Crippen LogP contribution in [0.3, 0.4) is 0 Å². The van der Waals surface area contributed by atoms with E-state index < -0.39 is 0 Å². The van der Waals surface area contributed by atoms with Crippen LogP contribution in [-0.4, -0.2) is 9.97 Å². The first-order chi connectivity index (χ1) is 8.65. The molecule has 2 atom stereocenters. The molecule has 0 aliphatic heterocycles. The molecule has 1 aromatic heterocycles. The van der Waals surface area contributed by atoms with E-state index in [0.29, 0.717) is 5.92 Å². The van der Waals surface area contributed by atoms with Gasteiger partial charge in [-0.1, -0.05) is 33.1 Å². The van der Waals surface area contributed by atoms with E-state index >= 15 is 0 Å². The van der Waals surface area contributed by atoms with Crippen molar-refractivity contribution in [1.29, 1.82) is 0 Å². The first-order valence-electron chi connectivity index (χ1n) is 7.25. The SMILES string of the molecule is CCc1c(C)nc(C2CCCC(CC)C2)[nH]c1=O. The van der Waals surface area contributed by atoms with Gasteiger partial charge in [0.15, 0.2) is 0 Å². The van der Waals surface area contributed by atoms with E-state index in [1.165, 1.54) is 32.1 Å². The zero-order valence-corrected chi connectivity index (χ0v) is 11.8. The summed E-state index contributed by atoms with van der Waals surface area (Å²) in [5.41, 5.74) is 1.81. The molecule has 1 fully saturated rings. The van der Waals surface area contributed by atoms with Crippen molar-refractivity contribution in [3.8, 4) is 0 Å². The lowest BCUT2D eigenvalue weighted by molar-refractivity contribution is 0.306. The number of rotatable bonds is 3.